The van der Waals surface area contributed by atoms with E-state index in [4.69, 9.17) is 31.5 Å². The summed E-state index contributed by atoms with van der Waals surface area (Å²) < 4.78 is 32.5. The number of ether oxygens (including phenoxy) is 3. The summed E-state index contributed by atoms with van der Waals surface area (Å²) in [6, 6.07) is 9.11. The van der Waals surface area contributed by atoms with Crippen LogP contribution >= 0.6 is 11.6 Å². The van der Waals surface area contributed by atoms with Crippen molar-refractivity contribution in [1.82, 2.24) is 30.3 Å². The van der Waals surface area contributed by atoms with Crippen LogP contribution in [0.1, 0.15) is 34.8 Å². The van der Waals surface area contributed by atoms with Gasteiger partial charge in [-0.3, -0.25) is 9.48 Å². The van der Waals surface area contributed by atoms with Gasteiger partial charge in [0.2, 0.25) is 5.88 Å². The molecule has 0 aliphatic rings. The predicted molar refractivity (Wildman–Crippen MR) is 147 cm³/mol. The van der Waals surface area contributed by atoms with Gasteiger partial charge < -0.3 is 30.6 Å². The van der Waals surface area contributed by atoms with Crippen LogP contribution in [-0.2, 0) is 18.4 Å². The van der Waals surface area contributed by atoms with Crippen molar-refractivity contribution in [3.63, 3.8) is 0 Å². The topological polar surface area (TPSA) is 168 Å². The van der Waals surface area contributed by atoms with E-state index in [2.05, 4.69) is 30.9 Å². The molecule has 3 heterocycles. The van der Waals surface area contributed by atoms with Crippen LogP contribution in [0, 0.1) is 5.82 Å². The molecule has 41 heavy (non-hydrogen) atoms. The molecule has 0 aliphatic carbocycles. The zero-order valence-electron chi connectivity index (χ0n) is 22.4. The fourth-order valence-corrected chi connectivity index (χ4v) is 4.01. The van der Waals surface area contributed by atoms with Crippen molar-refractivity contribution in [2.24, 2.45) is 12.8 Å². The van der Waals surface area contributed by atoms with Crippen molar-refractivity contribution in [3.8, 4) is 22.9 Å². The second-order valence-corrected chi connectivity index (χ2v) is 9.00. The molecule has 0 bridgehead atoms. The smallest absolute Gasteiger partial charge is 0.411 e. The summed E-state index contributed by atoms with van der Waals surface area (Å²) in [6.07, 6.45) is 0.0960. The maximum absolute atomic E-state index is 14.4. The molecule has 214 valence electrons. The van der Waals surface area contributed by atoms with Crippen LogP contribution in [0.5, 0.6) is 11.6 Å². The van der Waals surface area contributed by atoms with E-state index in [-0.39, 0.29) is 34.7 Å². The molecule has 1 atom stereocenters. The predicted octanol–water partition coefficient (Wildman–Crippen LogP) is 3.91. The number of hydrogen-bond donors (Lipinski definition) is 3. The number of anilines is 2. The zero-order chi connectivity index (χ0) is 29.7. The number of nitrogens with one attached hydrogen (secondary N) is 2. The average Bonchev–Trinajstić information content (AvgIpc) is 3.38. The molecule has 0 fully saturated rings. The van der Waals surface area contributed by atoms with E-state index in [0.717, 1.165) is 6.07 Å². The van der Waals surface area contributed by atoms with Crippen molar-refractivity contribution in [3.05, 3.63) is 70.5 Å². The lowest BCUT2D eigenvalue weighted by Gasteiger charge is -2.20. The molecule has 13 nitrogen and oxygen atoms in total. The van der Waals surface area contributed by atoms with Crippen LogP contribution in [0.15, 0.2) is 42.6 Å². The molecule has 2 amide bonds. The molecule has 0 spiro atoms. The normalized spacial score (nSPS) is 11.6. The van der Waals surface area contributed by atoms with Crippen LogP contribution in [0.4, 0.5) is 20.6 Å². The molecule has 15 heteroatoms. The van der Waals surface area contributed by atoms with E-state index >= 15 is 0 Å². The number of amides is 2. The van der Waals surface area contributed by atoms with Gasteiger partial charge in [-0.15, -0.1) is 10.2 Å². The Bertz CT molecular complexity index is 1600. The number of carbonyl (C=O) groups excluding carboxylic acids is 2. The fraction of sp³-hybridized carbons (Fsp3) is 0.231. The average molecular weight is 585 g/mol. The Morgan fingerprint density at radius 1 is 1.17 bits per heavy atom. The van der Waals surface area contributed by atoms with Crippen molar-refractivity contribution in [2.75, 3.05) is 19.5 Å². The third kappa shape index (κ3) is 6.85. The minimum absolute atomic E-state index is 0.00709. The molecule has 1 unspecified atom stereocenters. The lowest BCUT2D eigenvalue weighted by molar-refractivity contribution is 0.0484. The molecular weight excluding hydrogens is 559 g/mol. The Balaban J connectivity index is 1.73. The molecule has 3 aromatic heterocycles. The number of nitrogens with two attached hydrogens (primary N) is 1. The SMILES string of the molecule is CNC(=O)c1nnc(Cl)cc1Nc1cc(C(C)OCc2nc(OC(N)=O)ccc2F)cc(-c2ccn(C)n2)c1OC. The van der Waals surface area contributed by atoms with Crippen LogP contribution in [0.2, 0.25) is 5.15 Å². The van der Waals surface area contributed by atoms with E-state index in [1.165, 1.54) is 26.3 Å². The summed E-state index contributed by atoms with van der Waals surface area (Å²) in [4.78, 5) is 27.5. The minimum atomic E-state index is -1.07. The fourth-order valence-electron chi connectivity index (χ4n) is 3.87. The summed E-state index contributed by atoms with van der Waals surface area (Å²) in [5.41, 5.74) is 7.52. The van der Waals surface area contributed by atoms with Gasteiger partial charge in [-0.05, 0) is 36.8 Å². The van der Waals surface area contributed by atoms with Gasteiger partial charge in [0.15, 0.2) is 16.6 Å². The molecule has 0 aliphatic heterocycles. The second-order valence-electron chi connectivity index (χ2n) is 8.61. The summed E-state index contributed by atoms with van der Waals surface area (Å²) in [5, 5.41) is 17.9. The number of methoxy groups -OCH3 is 1. The van der Waals surface area contributed by atoms with Crippen molar-refractivity contribution < 1.29 is 28.2 Å². The Hall–Kier alpha value is -4.82. The number of carbonyl (C=O) groups is 2. The third-order valence-corrected chi connectivity index (χ3v) is 6.00. The third-order valence-electron chi connectivity index (χ3n) is 5.82. The maximum Gasteiger partial charge on any atom is 0.411 e. The molecule has 4 aromatic rings. The lowest BCUT2D eigenvalue weighted by atomic mass is 10.0. The number of nitrogens with zero attached hydrogens (tertiary/aromatic N) is 5. The minimum Gasteiger partial charge on any atom is -0.494 e. The highest BCUT2D eigenvalue weighted by molar-refractivity contribution is 6.29. The summed E-state index contributed by atoms with van der Waals surface area (Å²) in [7, 11) is 4.75. The van der Waals surface area contributed by atoms with Crippen LogP contribution < -0.4 is 25.8 Å². The molecular formula is C26H26ClFN8O5. The zero-order valence-corrected chi connectivity index (χ0v) is 23.2. The van der Waals surface area contributed by atoms with Gasteiger partial charge in [0, 0.05) is 38.0 Å². The van der Waals surface area contributed by atoms with Gasteiger partial charge in [-0.2, -0.15) is 5.10 Å². The first kappa shape index (κ1) is 29.2. The lowest BCUT2D eigenvalue weighted by Crippen LogP contribution is -2.21. The summed E-state index contributed by atoms with van der Waals surface area (Å²) in [5.74, 6) is -0.871. The Kier molecular flexibility index (Phi) is 8.94. The van der Waals surface area contributed by atoms with Gasteiger partial charge in [-0.25, -0.2) is 14.2 Å². The second kappa shape index (κ2) is 12.6. The number of rotatable bonds is 10. The summed E-state index contributed by atoms with van der Waals surface area (Å²) in [6.45, 7) is 1.51. The van der Waals surface area contributed by atoms with Gasteiger partial charge in [-0.1, -0.05) is 11.6 Å². The van der Waals surface area contributed by atoms with Crippen molar-refractivity contribution >= 4 is 35.0 Å². The molecule has 1 aromatic carbocycles. The molecule has 0 radical (unpaired) electrons. The highest BCUT2D eigenvalue weighted by Gasteiger charge is 2.22. The monoisotopic (exact) mass is 584 g/mol. The number of hydrogen-bond acceptors (Lipinski definition) is 10. The van der Waals surface area contributed by atoms with E-state index in [1.807, 2.05) is 6.07 Å². The van der Waals surface area contributed by atoms with Gasteiger partial charge in [0.25, 0.3) is 5.91 Å². The van der Waals surface area contributed by atoms with Crippen molar-refractivity contribution in [1.29, 1.82) is 0 Å². The molecule has 0 saturated heterocycles. The van der Waals surface area contributed by atoms with Crippen LogP contribution in [0.25, 0.3) is 11.3 Å². The number of benzene rings is 1. The van der Waals surface area contributed by atoms with Crippen molar-refractivity contribution in [2.45, 2.75) is 19.6 Å². The standard InChI is InChI=1S/C26H26ClFN8O5/c1-13(40-12-20-16(28)5-6-22(32-20)41-26(29)38)14-9-15(17-7-8-36(3)35-17)24(39-4)19(10-14)31-18-11-21(27)33-34-23(18)25(37)30-2/h5-11,13H,12H2,1-4H3,(H2,29,38)(H,30,37)(H,31,33). The van der Waals surface area contributed by atoms with E-state index in [9.17, 15) is 14.0 Å². The number of halogens is 2. The quantitative estimate of drug-likeness (QED) is 0.248. The number of pyridine rings is 1. The van der Waals surface area contributed by atoms with E-state index < -0.39 is 23.9 Å². The van der Waals surface area contributed by atoms with Gasteiger partial charge >= 0.3 is 6.09 Å². The molecule has 0 saturated carbocycles. The Morgan fingerprint density at radius 2 is 1.95 bits per heavy atom. The van der Waals surface area contributed by atoms with E-state index in [1.54, 1.807) is 37.0 Å². The maximum atomic E-state index is 14.4. The first-order valence-corrected chi connectivity index (χ1v) is 12.5. The van der Waals surface area contributed by atoms with Crippen LogP contribution in [-0.4, -0.2) is 51.1 Å². The highest BCUT2D eigenvalue weighted by atomic mass is 35.5. The van der Waals surface area contributed by atoms with E-state index in [0.29, 0.717) is 28.3 Å². The first-order chi connectivity index (χ1) is 19.6. The van der Waals surface area contributed by atoms with Gasteiger partial charge in [0.1, 0.15) is 11.5 Å². The summed E-state index contributed by atoms with van der Waals surface area (Å²) >= 11 is 6.09. The molecule has 4 N–H and O–H groups in total. The largest absolute Gasteiger partial charge is 0.494 e. The number of primary amides is 1. The highest BCUT2D eigenvalue weighted by Crippen LogP contribution is 2.41. The molecule has 4 rings (SSSR count). The van der Waals surface area contributed by atoms with Crippen LogP contribution in [0.3, 0.4) is 0 Å². The first-order valence-electron chi connectivity index (χ1n) is 12.1. The Morgan fingerprint density at radius 3 is 2.61 bits per heavy atom. The number of aromatic nitrogens is 5. The number of aryl methyl sites for hydroxylation is 1. The Labute approximate surface area is 238 Å². The van der Waals surface area contributed by atoms with Gasteiger partial charge in [0.05, 0.1) is 36.9 Å².